The van der Waals surface area contributed by atoms with Gasteiger partial charge in [0, 0.05) is 20.2 Å². The normalized spacial score (nSPS) is 11.7. The number of rotatable bonds is 7. The molecule has 0 aliphatic rings. The molecule has 0 spiro atoms. The average molecular weight is 344 g/mol. The molecular weight excluding hydrogens is 316 g/mol. The number of aryl methyl sites for hydroxylation is 1. The van der Waals surface area contributed by atoms with E-state index < -0.39 is 0 Å². The molecule has 1 heterocycles. The van der Waals surface area contributed by atoms with E-state index in [1.165, 1.54) is 0 Å². The number of benzene rings is 1. The zero-order valence-corrected chi connectivity index (χ0v) is 15.7. The van der Waals surface area contributed by atoms with Crippen LogP contribution in [0.4, 0.5) is 0 Å². The number of guanidine groups is 1. The Morgan fingerprint density at radius 2 is 2.12 bits per heavy atom. The fourth-order valence-electron chi connectivity index (χ4n) is 2.35. The van der Waals surface area contributed by atoms with E-state index in [4.69, 9.17) is 9.26 Å². The molecule has 0 fully saturated rings. The zero-order valence-electron chi connectivity index (χ0n) is 15.7. The second-order valence-corrected chi connectivity index (χ2v) is 6.31. The van der Waals surface area contributed by atoms with E-state index in [1.807, 2.05) is 49.2 Å². The van der Waals surface area contributed by atoms with Crippen LogP contribution in [0.5, 0.6) is 5.75 Å². The lowest BCUT2D eigenvalue weighted by molar-refractivity contribution is 0.279. The summed E-state index contributed by atoms with van der Waals surface area (Å²) in [6, 6.07) is 10.00. The van der Waals surface area contributed by atoms with Crippen LogP contribution >= 0.6 is 0 Å². The van der Waals surface area contributed by atoms with Crippen molar-refractivity contribution in [3.05, 3.63) is 47.3 Å². The van der Waals surface area contributed by atoms with Gasteiger partial charge in [-0.2, -0.15) is 0 Å². The van der Waals surface area contributed by atoms with Crippen molar-refractivity contribution in [1.29, 1.82) is 0 Å². The number of aliphatic imine (C=N–C) groups is 1. The molecule has 0 saturated carbocycles. The van der Waals surface area contributed by atoms with E-state index in [2.05, 4.69) is 29.3 Å². The smallest absolute Gasteiger partial charge is 0.193 e. The second-order valence-electron chi connectivity index (χ2n) is 6.31. The van der Waals surface area contributed by atoms with Gasteiger partial charge >= 0.3 is 0 Å². The molecule has 0 amide bonds. The Bertz CT molecular complexity index is 694. The summed E-state index contributed by atoms with van der Waals surface area (Å²) in [7, 11) is 3.75. The minimum Gasteiger partial charge on any atom is -0.491 e. The quantitative estimate of drug-likeness (QED) is 0.617. The molecule has 0 unspecified atom stereocenters. The molecule has 0 aliphatic heterocycles. The summed E-state index contributed by atoms with van der Waals surface area (Å²) in [5.41, 5.74) is 2.10. The Labute approximate surface area is 149 Å². The molecule has 136 valence electrons. The number of para-hydroxylation sites is 1. The number of nitrogens with one attached hydrogen (secondary N) is 1. The van der Waals surface area contributed by atoms with Gasteiger partial charge in [-0.25, -0.2) is 0 Å². The highest BCUT2D eigenvalue weighted by molar-refractivity contribution is 5.79. The minimum atomic E-state index is 0.359. The van der Waals surface area contributed by atoms with Gasteiger partial charge in [-0.1, -0.05) is 37.2 Å². The fraction of sp³-hybridized carbons (Fsp3) is 0.474. The number of hydrogen-bond donors (Lipinski definition) is 1. The summed E-state index contributed by atoms with van der Waals surface area (Å²) in [6.45, 7) is 8.09. The van der Waals surface area contributed by atoms with Crippen molar-refractivity contribution >= 4 is 5.96 Å². The van der Waals surface area contributed by atoms with E-state index >= 15 is 0 Å². The van der Waals surface area contributed by atoms with E-state index in [-0.39, 0.29) is 0 Å². The molecule has 1 aromatic heterocycles. The van der Waals surface area contributed by atoms with Crippen LogP contribution in [0.2, 0.25) is 0 Å². The number of ether oxygens (including phenoxy) is 1. The van der Waals surface area contributed by atoms with Gasteiger partial charge in [0.25, 0.3) is 0 Å². The Hall–Kier alpha value is -2.50. The highest BCUT2D eigenvalue weighted by atomic mass is 16.5. The molecule has 0 radical (unpaired) electrons. The molecule has 2 aromatic rings. The molecule has 0 bridgehead atoms. The lowest BCUT2D eigenvalue weighted by Crippen LogP contribution is -2.40. The van der Waals surface area contributed by atoms with Gasteiger partial charge in [-0.15, -0.1) is 0 Å². The Balaban J connectivity index is 1.80. The first-order valence-corrected chi connectivity index (χ1v) is 8.57. The van der Waals surface area contributed by atoms with Crippen molar-refractivity contribution < 1.29 is 9.26 Å². The van der Waals surface area contributed by atoms with Crippen molar-refractivity contribution in [3.63, 3.8) is 0 Å². The van der Waals surface area contributed by atoms with Crippen LogP contribution in [-0.2, 0) is 6.54 Å². The van der Waals surface area contributed by atoms with Crippen LogP contribution in [0.25, 0.3) is 0 Å². The van der Waals surface area contributed by atoms with Crippen LogP contribution < -0.4 is 10.1 Å². The maximum Gasteiger partial charge on any atom is 0.193 e. The maximum absolute atomic E-state index is 5.84. The topological polar surface area (TPSA) is 62.9 Å². The van der Waals surface area contributed by atoms with Crippen molar-refractivity contribution in [2.45, 2.75) is 33.2 Å². The lowest BCUT2D eigenvalue weighted by Gasteiger charge is -2.22. The van der Waals surface area contributed by atoms with Crippen molar-refractivity contribution in [2.24, 2.45) is 4.99 Å². The number of aromatic nitrogens is 1. The lowest BCUT2D eigenvalue weighted by atomic mass is 10.1. The van der Waals surface area contributed by atoms with Crippen LogP contribution in [-0.4, -0.2) is 43.3 Å². The second kappa shape index (κ2) is 9.11. The molecule has 2 rings (SSSR count). The maximum atomic E-state index is 5.84. The average Bonchev–Trinajstić information content (AvgIpc) is 3.06. The molecule has 0 saturated heterocycles. The number of hydrogen-bond acceptors (Lipinski definition) is 4. The third-order valence-electron chi connectivity index (χ3n) is 3.94. The van der Waals surface area contributed by atoms with Crippen molar-refractivity contribution in [3.8, 4) is 5.75 Å². The van der Waals surface area contributed by atoms with Gasteiger partial charge in [-0.05, 0) is 24.5 Å². The molecule has 6 nitrogen and oxygen atoms in total. The Morgan fingerprint density at radius 3 is 2.76 bits per heavy atom. The van der Waals surface area contributed by atoms with Gasteiger partial charge < -0.3 is 19.5 Å². The van der Waals surface area contributed by atoms with Crippen molar-refractivity contribution in [1.82, 2.24) is 15.4 Å². The van der Waals surface area contributed by atoms with Crippen molar-refractivity contribution in [2.75, 3.05) is 27.2 Å². The van der Waals surface area contributed by atoms with E-state index in [0.29, 0.717) is 19.1 Å². The molecule has 1 aromatic carbocycles. The third-order valence-corrected chi connectivity index (χ3v) is 3.94. The highest BCUT2D eigenvalue weighted by Crippen LogP contribution is 2.16. The first-order chi connectivity index (χ1) is 12.0. The predicted molar refractivity (Wildman–Crippen MR) is 100 cm³/mol. The zero-order chi connectivity index (χ0) is 18.2. The minimum absolute atomic E-state index is 0.359. The standard InChI is InChI=1S/C19H28N4O2/c1-14(2)17-12-16(25-22-17)13-21-19(20-4)23(5)10-11-24-18-9-7-6-8-15(18)3/h6-9,12,14H,10-11,13H2,1-5H3,(H,20,21). The summed E-state index contributed by atoms with van der Waals surface area (Å²) >= 11 is 0. The first-order valence-electron chi connectivity index (χ1n) is 8.57. The SMILES string of the molecule is CN=C(NCc1cc(C(C)C)no1)N(C)CCOc1ccccc1C. The number of likely N-dealkylation sites (N-methyl/N-ethyl adjacent to an activating group) is 1. The summed E-state index contributed by atoms with van der Waals surface area (Å²) < 4.78 is 11.2. The number of nitrogens with zero attached hydrogens (tertiary/aromatic N) is 3. The Morgan fingerprint density at radius 1 is 1.36 bits per heavy atom. The van der Waals surface area contributed by atoms with E-state index in [9.17, 15) is 0 Å². The fourth-order valence-corrected chi connectivity index (χ4v) is 2.35. The van der Waals surface area contributed by atoms with Gasteiger partial charge in [0.2, 0.25) is 0 Å². The van der Waals surface area contributed by atoms with Crippen LogP contribution in [0.3, 0.4) is 0 Å². The van der Waals surface area contributed by atoms with Gasteiger partial charge in [-0.3, -0.25) is 4.99 Å². The molecular formula is C19H28N4O2. The summed E-state index contributed by atoms with van der Waals surface area (Å²) in [6.07, 6.45) is 0. The molecule has 1 N–H and O–H groups in total. The monoisotopic (exact) mass is 344 g/mol. The molecule has 25 heavy (non-hydrogen) atoms. The molecule has 6 heteroatoms. The predicted octanol–water partition coefficient (Wildman–Crippen LogP) is 3.19. The van der Waals surface area contributed by atoms with Crippen LogP contribution in [0.15, 0.2) is 39.8 Å². The van der Waals surface area contributed by atoms with E-state index in [0.717, 1.165) is 35.3 Å². The largest absolute Gasteiger partial charge is 0.491 e. The third kappa shape index (κ3) is 5.52. The van der Waals surface area contributed by atoms with Gasteiger partial charge in [0.1, 0.15) is 12.4 Å². The van der Waals surface area contributed by atoms with Crippen LogP contribution in [0.1, 0.15) is 36.8 Å². The van der Waals surface area contributed by atoms with Crippen LogP contribution in [0, 0.1) is 6.92 Å². The first kappa shape index (κ1) is 18.8. The Kier molecular flexibility index (Phi) is 6.86. The summed E-state index contributed by atoms with van der Waals surface area (Å²) in [4.78, 5) is 6.33. The molecule has 0 aliphatic carbocycles. The van der Waals surface area contributed by atoms with E-state index in [1.54, 1.807) is 7.05 Å². The summed E-state index contributed by atoms with van der Waals surface area (Å²) in [5, 5.41) is 7.35. The molecule has 0 atom stereocenters. The van der Waals surface area contributed by atoms with Gasteiger partial charge in [0.15, 0.2) is 11.7 Å². The highest BCUT2D eigenvalue weighted by Gasteiger charge is 2.10. The summed E-state index contributed by atoms with van der Waals surface area (Å²) in [5.74, 6) is 2.87. The van der Waals surface area contributed by atoms with Gasteiger partial charge in [0.05, 0.1) is 18.8 Å².